The van der Waals surface area contributed by atoms with E-state index in [0.717, 1.165) is 5.56 Å². The molecule has 0 radical (unpaired) electrons. The third kappa shape index (κ3) is 4.66. The molecule has 22 heavy (non-hydrogen) atoms. The van der Waals surface area contributed by atoms with Crippen LogP contribution in [0.15, 0.2) is 36.3 Å². The van der Waals surface area contributed by atoms with Crippen LogP contribution in [0.25, 0.3) is 0 Å². The molecule has 0 bridgehead atoms. The molecule has 1 atom stereocenters. The zero-order valence-electron chi connectivity index (χ0n) is 12.0. The smallest absolute Gasteiger partial charge is 0.377 e. The van der Waals surface area contributed by atoms with Gasteiger partial charge in [-0.3, -0.25) is 4.79 Å². The molecule has 0 aromatic heterocycles. The van der Waals surface area contributed by atoms with Gasteiger partial charge in [0.25, 0.3) is 5.91 Å². The zero-order valence-corrected chi connectivity index (χ0v) is 12.8. The Kier molecular flexibility index (Phi) is 5.66. The molecule has 1 amide bonds. The fourth-order valence-electron chi connectivity index (χ4n) is 1.80. The third-order valence-corrected chi connectivity index (χ3v) is 3.18. The Hall–Kier alpha value is -2.21. The second-order valence-corrected chi connectivity index (χ2v) is 5.05. The van der Waals surface area contributed by atoms with Gasteiger partial charge in [-0.2, -0.15) is 0 Å². The van der Waals surface area contributed by atoms with Gasteiger partial charge in [0.05, 0.1) is 6.04 Å². The van der Waals surface area contributed by atoms with Crippen LogP contribution in [0.3, 0.4) is 0 Å². The van der Waals surface area contributed by atoms with Crippen LogP contribution in [0.2, 0.25) is 5.02 Å². The molecule has 118 valence electrons. The third-order valence-electron chi connectivity index (χ3n) is 2.93. The van der Waals surface area contributed by atoms with Gasteiger partial charge >= 0.3 is 5.97 Å². The van der Waals surface area contributed by atoms with Crippen LogP contribution in [-0.2, 0) is 23.8 Å². The molecule has 1 heterocycles. The first-order valence-corrected chi connectivity index (χ1v) is 7.10. The maximum Gasteiger partial charge on any atom is 0.377 e. The molecular weight excluding hydrogens is 310 g/mol. The van der Waals surface area contributed by atoms with Crippen LogP contribution in [0.1, 0.15) is 18.5 Å². The van der Waals surface area contributed by atoms with Crippen molar-refractivity contribution in [2.24, 2.45) is 0 Å². The molecule has 0 unspecified atom stereocenters. The molecule has 1 aromatic carbocycles. The molecule has 1 N–H and O–H groups in total. The molecule has 2 rings (SSSR count). The standard InChI is InChI=1S/C15H16ClNO5/c1-10(11-2-4-12(16)5-3-11)17-14(18)9-22-15(19)13-8-20-6-7-21-13/h2-5,8,10H,6-7,9H2,1H3,(H,17,18)/t10-/m1/s1. The minimum Gasteiger partial charge on any atom is -0.493 e. The number of hydrogen-bond donors (Lipinski definition) is 1. The Morgan fingerprint density at radius 3 is 2.68 bits per heavy atom. The molecule has 7 heteroatoms. The fraction of sp³-hybridized carbons (Fsp3) is 0.333. The lowest BCUT2D eigenvalue weighted by molar-refractivity contribution is -0.149. The second kappa shape index (κ2) is 7.70. The van der Waals surface area contributed by atoms with Gasteiger partial charge in [0, 0.05) is 5.02 Å². The maximum atomic E-state index is 11.8. The summed E-state index contributed by atoms with van der Waals surface area (Å²) in [4.78, 5) is 23.4. The van der Waals surface area contributed by atoms with Gasteiger partial charge in [-0.25, -0.2) is 4.79 Å². The van der Waals surface area contributed by atoms with Gasteiger partial charge < -0.3 is 19.5 Å². The van der Waals surface area contributed by atoms with Gasteiger partial charge in [0.1, 0.15) is 19.5 Å². The quantitative estimate of drug-likeness (QED) is 0.838. The number of halogens is 1. The predicted octanol–water partition coefficient (Wildman–Crippen LogP) is 1.95. The molecule has 1 aliphatic rings. The molecular formula is C15H16ClNO5. The largest absolute Gasteiger partial charge is 0.493 e. The highest BCUT2D eigenvalue weighted by atomic mass is 35.5. The number of nitrogens with one attached hydrogen (secondary N) is 1. The lowest BCUT2D eigenvalue weighted by atomic mass is 10.1. The average molecular weight is 326 g/mol. The van der Waals surface area contributed by atoms with Crippen molar-refractivity contribution in [3.05, 3.63) is 46.9 Å². The Balaban J connectivity index is 1.78. The summed E-state index contributed by atoms with van der Waals surface area (Å²) >= 11 is 5.81. The minimum atomic E-state index is -0.728. The van der Waals surface area contributed by atoms with Crippen LogP contribution < -0.4 is 5.32 Å². The van der Waals surface area contributed by atoms with Gasteiger partial charge in [-0.05, 0) is 24.6 Å². The Bertz CT molecular complexity index is 570. The normalized spacial score (nSPS) is 14.9. The Morgan fingerprint density at radius 1 is 1.32 bits per heavy atom. The van der Waals surface area contributed by atoms with Crippen molar-refractivity contribution in [1.29, 1.82) is 0 Å². The number of benzene rings is 1. The monoisotopic (exact) mass is 325 g/mol. The van der Waals surface area contributed by atoms with Gasteiger partial charge in [-0.15, -0.1) is 0 Å². The maximum absolute atomic E-state index is 11.8. The molecule has 1 aromatic rings. The number of esters is 1. The van der Waals surface area contributed by atoms with Crippen molar-refractivity contribution in [3.63, 3.8) is 0 Å². The predicted molar refractivity (Wildman–Crippen MR) is 79.0 cm³/mol. The van der Waals surface area contributed by atoms with Gasteiger partial charge in [-0.1, -0.05) is 23.7 Å². The van der Waals surface area contributed by atoms with E-state index in [9.17, 15) is 9.59 Å². The van der Waals surface area contributed by atoms with E-state index in [-0.39, 0.29) is 18.4 Å². The van der Waals surface area contributed by atoms with E-state index in [4.69, 9.17) is 25.8 Å². The topological polar surface area (TPSA) is 73.9 Å². The van der Waals surface area contributed by atoms with Crippen LogP contribution in [0.5, 0.6) is 0 Å². The van der Waals surface area contributed by atoms with E-state index >= 15 is 0 Å². The summed E-state index contributed by atoms with van der Waals surface area (Å²) in [6.45, 7) is 2.09. The van der Waals surface area contributed by atoms with Gasteiger partial charge in [0.2, 0.25) is 5.76 Å². The van der Waals surface area contributed by atoms with Crippen LogP contribution in [-0.4, -0.2) is 31.7 Å². The first-order valence-electron chi connectivity index (χ1n) is 6.73. The first-order chi connectivity index (χ1) is 10.6. The molecule has 0 saturated heterocycles. The molecule has 1 aliphatic heterocycles. The summed E-state index contributed by atoms with van der Waals surface area (Å²) in [6, 6.07) is 6.89. The number of rotatable bonds is 5. The van der Waals surface area contributed by atoms with E-state index in [1.807, 2.05) is 19.1 Å². The van der Waals surface area contributed by atoms with Crippen LogP contribution in [0, 0.1) is 0 Å². The fourth-order valence-corrected chi connectivity index (χ4v) is 1.92. The number of carbonyl (C=O) groups excluding carboxylic acids is 2. The second-order valence-electron chi connectivity index (χ2n) is 4.62. The van der Waals surface area contributed by atoms with Crippen LogP contribution >= 0.6 is 11.6 Å². The lowest BCUT2D eigenvalue weighted by Gasteiger charge is -2.16. The summed E-state index contributed by atoms with van der Waals surface area (Å²) < 4.78 is 14.8. The molecule has 0 fully saturated rings. The molecule has 0 spiro atoms. The highest BCUT2D eigenvalue weighted by Crippen LogP contribution is 2.15. The highest BCUT2D eigenvalue weighted by Gasteiger charge is 2.18. The van der Waals surface area contributed by atoms with Crippen molar-refractivity contribution in [2.45, 2.75) is 13.0 Å². The summed E-state index contributed by atoms with van der Waals surface area (Å²) in [7, 11) is 0. The average Bonchev–Trinajstić information content (AvgIpc) is 2.54. The summed E-state index contributed by atoms with van der Waals surface area (Å²) in [5.74, 6) is -1.17. The van der Waals surface area contributed by atoms with E-state index in [2.05, 4.69) is 5.32 Å². The number of ether oxygens (including phenoxy) is 3. The SMILES string of the molecule is C[C@@H](NC(=O)COC(=O)C1=COCCO1)c1ccc(Cl)cc1. The van der Waals surface area contributed by atoms with Gasteiger partial charge in [0.15, 0.2) is 6.61 Å². The summed E-state index contributed by atoms with van der Waals surface area (Å²) in [6.07, 6.45) is 1.18. The molecule has 0 saturated carbocycles. The van der Waals surface area contributed by atoms with E-state index in [1.54, 1.807) is 12.1 Å². The first kappa shape index (κ1) is 16.2. The van der Waals surface area contributed by atoms with E-state index in [1.165, 1.54) is 6.26 Å². The van der Waals surface area contributed by atoms with Crippen molar-refractivity contribution >= 4 is 23.5 Å². The lowest BCUT2D eigenvalue weighted by Crippen LogP contribution is -2.31. The molecule has 6 nitrogen and oxygen atoms in total. The number of amides is 1. The summed E-state index contributed by atoms with van der Waals surface area (Å²) in [5, 5.41) is 3.35. The van der Waals surface area contributed by atoms with Crippen molar-refractivity contribution in [1.82, 2.24) is 5.32 Å². The number of carbonyl (C=O) groups is 2. The number of hydrogen-bond acceptors (Lipinski definition) is 5. The Morgan fingerprint density at radius 2 is 2.05 bits per heavy atom. The van der Waals surface area contributed by atoms with Crippen LogP contribution in [0.4, 0.5) is 0 Å². The van der Waals surface area contributed by atoms with Crippen molar-refractivity contribution in [2.75, 3.05) is 19.8 Å². The Labute approximate surface area is 133 Å². The van der Waals surface area contributed by atoms with E-state index in [0.29, 0.717) is 11.6 Å². The van der Waals surface area contributed by atoms with E-state index < -0.39 is 18.5 Å². The molecule has 0 aliphatic carbocycles. The minimum absolute atomic E-state index is 0.0372. The summed E-state index contributed by atoms with van der Waals surface area (Å²) in [5.41, 5.74) is 0.899. The van der Waals surface area contributed by atoms with Crippen molar-refractivity contribution in [3.8, 4) is 0 Å². The highest BCUT2D eigenvalue weighted by molar-refractivity contribution is 6.30. The van der Waals surface area contributed by atoms with Crippen molar-refractivity contribution < 1.29 is 23.8 Å². The zero-order chi connectivity index (χ0) is 15.9.